The summed E-state index contributed by atoms with van der Waals surface area (Å²) in [6.07, 6.45) is -3.40. The lowest BCUT2D eigenvalue weighted by Gasteiger charge is -2.15. The number of nitrogens with zero attached hydrogens (tertiary/aromatic N) is 5. The molecule has 2 aromatic heterocycles. The van der Waals surface area contributed by atoms with Crippen molar-refractivity contribution >= 4 is 33.9 Å². The number of alkyl halides is 3. The van der Waals surface area contributed by atoms with Crippen molar-refractivity contribution in [1.29, 1.82) is 0 Å². The van der Waals surface area contributed by atoms with Gasteiger partial charge in [-0.2, -0.15) is 13.2 Å². The summed E-state index contributed by atoms with van der Waals surface area (Å²) < 4.78 is 62.1. The average Bonchev–Trinajstić information content (AvgIpc) is 3.03. The predicted octanol–water partition coefficient (Wildman–Crippen LogP) is 2.45. The van der Waals surface area contributed by atoms with Crippen molar-refractivity contribution in [3.8, 4) is 5.69 Å². The zero-order valence-corrected chi connectivity index (χ0v) is 14.3. The summed E-state index contributed by atoms with van der Waals surface area (Å²) in [6.45, 7) is 0. The zero-order chi connectivity index (χ0) is 19.1. The SMILES string of the molecule is CNc1nc(C(F)(F)F)nc2c1ncn2-c1cccc(N(C)S(=O)O)c1. The van der Waals surface area contributed by atoms with E-state index in [1.165, 1.54) is 31.1 Å². The molecule has 0 amide bonds. The molecule has 138 valence electrons. The lowest BCUT2D eigenvalue weighted by atomic mass is 10.2. The minimum absolute atomic E-state index is 0.0402. The molecule has 0 aliphatic heterocycles. The molecular formula is C14H13F3N6O2S. The number of imidazole rings is 1. The number of hydrogen-bond donors (Lipinski definition) is 2. The number of anilines is 2. The number of halogens is 3. The normalized spacial score (nSPS) is 13.0. The minimum Gasteiger partial charge on any atom is -0.371 e. The number of nitrogens with one attached hydrogen (secondary N) is 1. The van der Waals surface area contributed by atoms with Crippen molar-refractivity contribution in [3.05, 3.63) is 36.4 Å². The van der Waals surface area contributed by atoms with E-state index in [9.17, 15) is 21.9 Å². The Kier molecular flexibility index (Phi) is 4.54. The second-order valence-electron chi connectivity index (χ2n) is 5.18. The summed E-state index contributed by atoms with van der Waals surface area (Å²) in [6, 6.07) is 6.34. The van der Waals surface area contributed by atoms with Crippen LogP contribution in [0.2, 0.25) is 0 Å². The fourth-order valence-corrected chi connectivity index (χ4v) is 2.61. The largest absolute Gasteiger partial charge is 0.451 e. The van der Waals surface area contributed by atoms with Crippen LogP contribution in [0.25, 0.3) is 16.9 Å². The van der Waals surface area contributed by atoms with Crippen LogP contribution in [0.15, 0.2) is 30.6 Å². The van der Waals surface area contributed by atoms with Gasteiger partial charge in [0.15, 0.2) is 17.0 Å². The monoisotopic (exact) mass is 386 g/mol. The van der Waals surface area contributed by atoms with Crippen LogP contribution in [0, 0.1) is 0 Å². The van der Waals surface area contributed by atoms with E-state index in [1.54, 1.807) is 18.2 Å². The highest BCUT2D eigenvalue weighted by Crippen LogP contribution is 2.31. The first kappa shape index (κ1) is 18.1. The van der Waals surface area contributed by atoms with Gasteiger partial charge in [-0.15, -0.1) is 0 Å². The van der Waals surface area contributed by atoms with Gasteiger partial charge in [0, 0.05) is 14.1 Å². The molecular weight excluding hydrogens is 373 g/mol. The summed E-state index contributed by atoms with van der Waals surface area (Å²) >= 11 is -2.24. The highest BCUT2D eigenvalue weighted by atomic mass is 32.2. The topological polar surface area (TPSA) is 96.2 Å². The van der Waals surface area contributed by atoms with Gasteiger partial charge in [0.1, 0.15) is 6.33 Å². The molecule has 12 heteroatoms. The van der Waals surface area contributed by atoms with Gasteiger partial charge in [-0.25, -0.2) is 19.2 Å². The standard InChI is InChI=1S/C14H13F3N6O2S/c1-18-11-10-12(21-13(20-11)14(15,16)17)23(7-19-10)9-5-3-4-8(6-9)22(2)26(24)25/h3-7H,1-2H3,(H,24,25)(H,18,20,21). The molecule has 1 atom stereocenters. The van der Waals surface area contributed by atoms with Crippen LogP contribution in [0.3, 0.4) is 0 Å². The molecule has 0 bridgehead atoms. The molecule has 2 heterocycles. The van der Waals surface area contributed by atoms with Crippen molar-refractivity contribution in [2.24, 2.45) is 0 Å². The van der Waals surface area contributed by atoms with Crippen molar-refractivity contribution in [2.75, 3.05) is 23.7 Å². The molecule has 0 aliphatic carbocycles. The highest BCUT2D eigenvalue weighted by molar-refractivity contribution is 7.80. The van der Waals surface area contributed by atoms with E-state index < -0.39 is 23.3 Å². The summed E-state index contributed by atoms with van der Waals surface area (Å²) in [5, 5.41) is 2.58. The van der Waals surface area contributed by atoms with E-state index in [4.69, 9.17) is 0 Å². The van der Waals surface area contributed by atoms with Gasteiger partial charge >= 0.3 is 6.18 Å². The van der Waals surface area contributed by atoms with Crippen molar-refractivity contribution < 1.29 is 21.9 Å². The van der Waals surface area contributed by atoms with Crippen molar-refractivity contribution in [2.45, 2.75) is 6.18 Å². The molecule has 3 aromatic rings. The van der Waals surface area contributed by atoms with Crippen LogP contribution in [-0.2, 0) is 17.4 Å². The average molecular weight is 386 g/mol. The van der Waals surface area contributed by atoms with Gasteiger partial charge in [0.05, 0.1) is 11.4 Å². The molecule has 26 heavy (non-hydrogen) atoms. The second kappa shape index (κ2) is 6.53. The number of aromatic nitrogens is 4. The smallest absolute Gasteiger partial charge is 0.371 e. The Labute approximate surface area is 148 Å². The second-order valence-corrected chi connectivity index (χ2v) is 6.19. The number of hydrogen-bond acceptors (Lipinski definition) is 5. The molecule has 1 aromatic carbocycles. The Balaban J connectivity index is 2.20. The lowest BCUT2D eigenvalue weighted by Crippen LogP contribution is -2.19. The van der Waals surface area contributed by atoms with E-state index in [0.29, 0.717) is 11.4 Å². The first-order valence-corrected chi connectivity index (χ1v) is 8.24. The van der Waals surface area contributed by atoms with Crippen LogP contribution in [0.1, 0.15) is 5.82 Å². The van der Waals surface area contributed by atoms with Crippen LogP contribution in [0.4, 0.5) is 24.7 Å². The van der Waals surface area contributed by atoms with Crippen LogP contribution >= 0.6 is 0 Å². The Morgan fingerprint density at radius 1 is 1.31 bits per heavy atom. The fourth-order valence-electron chi connectivity index (χ4n) is 2.32. The Morgan fingerprint density at radius 2 is 2.04 bits per heavy atom. The van der Waals surface area contributed by atoms with Crippen LogP contribution < -0.4 is 9.62 Å². The van der Waals surface area contributed by atoms with E-state index in [1.807, 2.05) is 0 Å². The number of fused-ring (bicyclic) bond motifs is 1. The maximum Gasteiger partial charge on any atom is 0.451 e. The van der Waals surface area contributed by atoms with E-state index in [2.05, 4.69) is 20.3 Å². The van der Waals surface area contributed by atoms with Gasteiger partial charge in [0.25, 0.3) is 11.3 Å². The number of rotatable bonds is 4. The van der Waals surface area contributed by atoms with Crippen molar-refractivity contribution in [1.82, 2.24) is 19.5 Å². The summed E-state index contributed by atoms with van der Waals surface area (Å²) in [5.41, 5.74) is 0.951. The molecule has 8 nitrogen and oxygen atoms in total. The van der Waals surface area contributed by atoms with E-state index in [-0.39, 0.29) is 17.0 Å². The summed E-state index contributed by atoms with van der Waals surface area (Å²) in [5.74, 6) is -1.34. The van der Waals surface area contributed by atoms with E-state index >= 15 is 0 Å². The molecule has 0 spiro atoms. The Bertz CT molecular complexity index is 990. The van der Waals surface area contributed by atoms with Crippen LogP contribution in [-0.4, -0.2) is 42.4 Å². The molecule has 0 radical (unpaired) electrons. The first-order valence-electron chi connectivity index (χ1n) is 7.17. The Morgan fingerprint density at radius 3 is 2.65 bits per heavy atom. The molecule has 0 aliphatic rings. The molecule has 2 N–H and O–H groups in total. The van der Waals surface area contributed by atoms with Gasteiger partial charge in [-0.05, 0) is 18.2 Å². The van der Waals surface area contributed by atoms with Crippen molar-refractivity contribution in [3.63, 3.8) is 0 Å². The molecule has 0 saturated carbocycles. The van der Waals surface area contributed by atoms with E-state index in [0.717, 1.165) is 4.31 Å². The lowest BCUT2D eigenvalue weighted by molar-refractivity contribution is -0.144. The molecule has 0 fully saturated rings. The Hall–Kier alpha value is -2.73. The predicted molar refractivity (Wildman–Crippen MR) is 90.4 cm³/mol. The summed E-state index contributed by atoms with van der Waals surface area (Å²) in [4.78, 5) is 11.1. The molecule has 0 saturated heterocycles. The maximum atomic E-state index is 13.1. The van der Waals surface area contributed by atoms with Gasteiger partial charge in [-0.1, -0.05) is 6.07 Å². The quantitative estimate of drug-likeness (QED) is 0.669. The minimum atomic E-state index is -4.72. The first-order chi connectivity index (χ1) is 12.2. The molecule has 3 rings (SSSR count). The zero-order valence-electron chi connectivity index (χ0n) is 13.5. The van der Waals surface area contributed by atoms with Gasteiger partial charge in [0.2, 0.25) is 5.82 Å². The molecule has 1 unspecified atom stereocenters. The van der Waals surface area contributed by atoms with Gasteiger partial charge in [-0.3, -0.25) is 13.4 Å². The highest BCUT2D eigenvalue weighted by Gasteiger charge is 2.36. The number of benzene rings is 1. The maximum absolute atomic E-state index is 13.1. The third-order valence-electron chi connectivity index (χ3n) is 3.59. The third kappa shape index (κ3) is 3.20. The van der Waals surface area contributed by atoms with Crippen LogP contribution in [0.5, 0.6) is 0 Å². The van der Waals surface area contributed by atoms with Gasteiger partial charge < -0.3 is 5.32 Å². The fraction of sp³-hybridized carbons (Fsp3) is 0.214. The third-order valence-corrected chi connectivity index (χ3v) is 4.27. The summed E-state index contributed by atoms with van der Waals surface area (Å²) in [7, 11) is 2.84.